The van der Waals surface area contributed by atoms with Gasteiger partial charge in [0.05, 0.1) is 26.0 Å². The van der Waals surface area contributed by atoms with Gasteiger partial charge in [-0.3, -0.25) is 9.59 Å². The molecule has 1 heterocycles. The maximum atomic E-state index is 13.1. The Bertz CT molecular complexity index is 1160. The smallest absolute Gasteiger partial charge is 0.281 e. The summed E-state index contributed by atoms with van der Waals surface area (Å²) in [5.74, 6) is 1.70. The van der Waals surface area contributed by atoms with Gasteiger partial charge in [-0.2, -0.15) is 5.10 Å². The van der Waals surface area contributed by atoms with Crippen molar-refractivity contribution in [2.45, 2.75) is 12.5 Å². The lowest BCUT2D eigenvalue weighted by Gasteiger charge is -2.22. The molecule has 1 aliphatic heterocycles. The van der Waals surface area contributed by atoms with Gasteiger partial charge in [0.2, 0.25) is 0 Å². The second-order valence-corrected chi connectivity index (χ2v) is 7.49. The van der Waals surface area contributed by atoms with Crippen LogP contribution in [0.15, 0.2) is 77.9 Å². The van der Waals surface area contributed by atoms with Crippen molar-refractivity contribution in [2.24, 2.45) is 5.10 Å². The van der Waals surface area contributed by atoms with Crippen molar-refractivity contribution in [3.8, 4) is 17.2 Å². The zero-order chi connectivity index (χ0) is 23.2. The number of methoxy groups -OCH3 is 2. The summed E-state index contributed by atoms with van der Waals surface area (Å²) in [6.45, 7) is -0.179. The van der Waals surface area contributed by atoms with Crippen LogP contribution in [0, 0.1) is 0 Å². The second-order valence-electron chi connectivity index (χ2n) is 7.49. The van der Waals surface area contributed by atoms with Crippen LogP contribution in [0.3, 0.4) is 0 Å². The van der Waals surface area contributed by atoms with Gasteiger partial charge in [0.25, 0.3) is 5.91 Å². The fourth-order valence-corrected chi connectivity index (χ4v) is 3.66. The summed E-state index contributed by atoms with van der Waals surface area (Å²) in [6, 6.07) is 21.6. The van der Waals surface area contributed by atoms with Crippen molar-refractivity contribution in [3.63, 3.8) is 0 Å². The number of hydrogen-bond acceptors (Lipinski definition) is 6. The molecule has 0 fully saturated rings. The highest BCUT2D eigenvalue weighted by Gasteiger charge is 2.33. The normalized spacial score (nSPS) is 15.0. The largest absolute Gasteiger partial charge is 0.497 e. The lowest BCUT2D eigenvalue weighted by atomic mass is 9.98. The molecule has 3 aromatic rings. The molecule has 7 heteroatoms. The Morgan fingerprint density at radius 3 is 2.33 bits per heavy atom. The first-order valence-corrected chi connectivity index (χ1v) is 10.5. The van der Waals surface area contributed by atoms with Gasteiger partial charge < -0.3 is 14.2 Å². The average molecular weight is 444 g/mol. The van der Waals surface area contributed by atoms with Crippen LogP contribution >= 0.6 is 0 Å². The Labute approximate surface area is 192 Å². The number of hydrogen-bond donors (Lipinski definition) is 0. The molecule has 33 heavy (non-hydrogen) atoms. The van der Waals surface area contributed by atoms with Crippen LogP contribution in [0.5, 0.6) is 17.2 Å². The SMILES string of the molecule is COc1ccc(C2CC(c3cccc(OC)c3)=NN2C(=O)COc2ccc(C=O)cc2)cc1. The minimum Gasteiger partial charge on any atom is -0.497 e. The Morgan fingerprint density at radius 1 is 0.970 bits per heavy atom. The highest BCUT2D eigenvalue weighted by Crippen LogP contribution is 2.34. The van der Waals surface area contributed by atoms with Crippen molar-refractivity contribution >= 4 is 17.9 Å². The van der Waals surface area contributed by atoms with Gasteiger partial charge in [-0.25, -0.2) is 5.01 Å². The molecule has 1 aliphatic rings. The first-order chi connectivity index (χ1) is 16.1. The van der Waals surface area contributed by atoms with E-state index in [1.54, 1.807) is 38.5 Å². The topological polar surface area (TPSA) is 77.4 Å². The number of nitrogens with zero attached hydrogens (tertiary/aromatic N) is 2. The average Bonchev–Trinajstić information content (AvgIpc) is 3.33. The van der Waals surface area contributed by atoms with Crippen molar-refractivity contribution in [1.29, 1.82) is 0 Å². The van der Waals surface area contributed by atoms with Gasteiger partial charge in [0, 0.05) is 17.5 Å². The number of carbonyl (C=O) groups is 2. The first-order valence-electron chi connectivity index (χ1n) is 10.5. The molecule has 0 aromatic heterocycles. The van der Waals surface area contributed by atoms with Gasteiger partial charge in [0.15, 0.2) is 6.61 Å². The predicted octanol–water partition coefficient (Wildman–Crippen LogP) is 4.27. The lowest BCUT2D eigenvalue weighted by Crippen LogP contribution is -2.31. The summed E-state index contributed by atoms with van der Waals surface area (Å²) < 4.78 is 16.3. The molecule has 0 radical (unpaired) electrons. The number of aldehydes is 1. The number of benzene rings is 3. The highest BCUT2D eigenvalue weighted by atomic mass is 16.5. The molecule has 0 bridgehead atoms. The standard InChI is InChI=1S/C26H24N2O5/c1-31-21-12-8-19(9-13-21)25-15-24(20-4-3-5-23(14-20)32-2)27-28(25)26(30)17-33-22-10-6-18(16-29)7-11-22/h3-14,16,25H,15,17H2,1-2H3. The van der Waals surface area contributed by atoms with Crippen LogP contribution in [0.4, 0.5) is 0 Å². The number of ether oxygens (including phenoxy) is 3. The van der Waals surface area contributed by atoms with Gasteiger partial charge in [-0.05, 0) is 54.1 Å². The van der Waals surface area contributed by atoms with Gasteiger partial charge in [-0.15, -0.1) is 0 Å². The van der Waals surface area contributed by atoms with E-state index in [1.807, 2.05) is 48.5 Å². The van der Waals surface area contributed by atoms with Crippen LogP contribution < -0.4 is 14.2 Å². The molecular formula is C26H24N2O5. The monoisotopic (exact) mass is 444 g/mol. The van der Waals surface area contributed by atoms with E-state index in [4.69, 9.17) is 14.2 Å². The molecule has 0 N–H and O–H groups in total. The zero-order valence-corrected chi connectivity index (χ0v) is 18.4. The van der Waals surface area contributed by atoms with Crippen LogP contribution in [0.2, 0.25) is 0 Å². The maximum Gasteiger partial charge on any atom is 0.281 e. The number of carbonyl (C=O) groups excluding carboxylic acids is 2. The summed E-state index contributed by atoms with van der Waals surface area (Å²) in [7, 11) is 3.23. The van der Waals surface area contributed by atoms with E-state index in [2.05, 4.69) is 5.10 Å². The van der Waals surface area contributed by atoms with E-state index in [-0.39, 0.29) is 18.6 Å². The second kappa shape index (κ2) is 9.99. The minimum absolute atomic E-state index is 0.179. The Morgan fingerprint density at radius 2 is 1.67 bits per heavy atom. The van der Waals surface area contributed by atoms with E-state index in [1.165, 1.54) is 5.01 Å². The van der Waals surface area contributed by atoms with Crippen molar-refractivity contribution in [2.75, 3.05) is 20.8 Å². The van der Waals surface area contributed by atoms with Crippen molar-refractivity contribution in [1.82, 2.24) is 5.01 Å². The molecular weight excluding hydrogens is 420 g/mol. The summed E-state index contributed by atoms with van der Waals surface area (Å²) in [6.07, 6.45) is 1.31. The molecule has 7 nitrogen and oxygen atoms in total. The number of amides is 1. The molecule has 0 saturated heterocycles. The fraction of sp³-hybridized carbons (Fsp3) is 0.192. The summed E-state index contributed by atoms with van der Waals surface area (Å²) in [4.78, 5) is 24.0. The Balaban J connectivity index is 1.57. The van der Waals surface area contributed by atoms with Gasteiger partial charge >= 0.3 is 0 Å². The summed E-state index contributed by atoms with van der Waals surface area (Å²) in [5, 5.41) is 6.14. The number of rotatable bonds is 8. The third-order valence-electron chi connectivity index (χ3n) is 5.45. The lowest BCUT2D eigenvalue weighted by molar-refractivity contribution is -0.135. The summed E-state index contributed by atoms with van der Waals surface area (Å²) >= 11 is 0. The van der Waals surface area contributed by atoms with Crippen molar-refractivity contribution < 1.29 is 23.8 Å². The molecule has 168 valence electrons. The molecule has 0 saturated carbocycles. The molecule has 1 amide bonds. The molecule has 1 unspecified atom stereocenters. The molecule has 4 rings (SSSR count). The van der Waals surface area contributed by atoms with E-state index >= 15 is 0 Å². The third kappa shape index (κ3) is 5.03. The van der Waals surface area contributed by atoms with Gasteiger partial charge in [-0.1, -0.05) is 24.3 Å². The molecule has 3 aromatic carbocycles. The summed E-state index contributed by atoms with van der Waals surface area (Å²) in [5.41, 5.74) is 3.17. The maximum absolute atomic E-state index is 13.1. The third-order valence-corrected chi connectivity index (χ3v) is 5.45. The predicted molar refractivity (Wildman–Crippen MR) is 124 cm³/mol. The van der Waals surface area contributed by atoms with E-state index in [0.29, 0.717) is 17.7 Å². The minimum atomic E-state index is -0.273. The molecule has 1 atom stereocenters. The Hall–Kier alpha value is -4.13. The number of hydrazone groups is 1. The molecule has 0 spiro atoms. The van der Waals surface area contributed by atoms with Crippen LogP contribution in [-0.2, 0) is 4.79 Å². The first kappa shape index (κ1) is 22.1. The van der Waals surface area contributed by atoms with Crippen LogP contribution in [-0.4, -0.2) is 43.7 Å². The Kier molecular flexibility index (Phi) is 6.69. The van der Waals surface area contributed by atoms with E-state index in [0.717, 1.165) is 34.6 Å². The van der Waals surface area contributed by atoms with Gasteiger partial charge in [0.1, 0.15) is 23.5 Å². The van der Waals surface area contributed by atoms with Crippen molar-refractivity contribution in [3.05, 3.63) is 89.5 Å². The fourth-order valence-electron chi connectivity index (χ4n) is 3.66. The van der Waals surface area contributed by atoms with Crippen LogP contribution in [0.1, 0.15) is 33.9 Å². The highest BCUT2D eigenvalue weighted by molar-refractivity contribution is 6.03. The quantitative estimate of drug-likeness (QED) is 0.485. The van der Waals surface area contributed by atoms with E-state index < -0.39 is 0 Å². The zero-order valence-electron chi connectivity index (χ0n) is 18.4. The van der Waals surface area contributed by atoms with Crippen LogP contribution in [0.25, 0.3) is 0 Å². The van der Waals surface area contributed by atoms with E-state index in [9.17, 15) is 9.59 Å². The molecule has 0 aliphatic carbocycles.